The third kappa shape index (κ3) is 5.53. The quantitative estimate of drug-likeness (QED) is 0.771. The number of hydrogen-bond acceptors (Lipinski definition) is 3. The molecule has 0 saturated heterocycles. The predicted molar refractivity (Wildman–Crippen MR) is 92.5 cm³/mol. The Labute approximate surface area is 146 Å². The summed E-state index contributed by atoms with van der Waals surface area (Å²) in [5, 5.41) is 5.73. The molecule has 1 amide bonds. The van der Waals surface area contributed by atoms with Crippen molar-refractivity contribution in [2.45, 2.75) is 19.4 Å². The number of hydrogen-bond donors (Lipinski definition) is 2. The summed E-state index contributed by atoms with van der Waals surface area (Å²) in [5.41, 5.74) is 1.34. The molecule has 0 bridgehead atoms. The Morgan fingerprint density at radius 2 is 1.96 bits per heavy atom. The first kappa shape index (κ1) is 18.9. The molecule has 25 heavy (non-hydrogen) atoms. The second-order valence-electron chi connectivity index (χ2n) is 5.68. The maximum atomic E-state index is 13.7. The zero-order valence-corrected chi connectivity index (χ0v) is 14.3. The van der Waals surface area contributed by atoms with Gasteiger partial charge < -0.3 is 15.4 Å². The Hall–Kier alpha value is -2.47. The van der Waals surface area contributed by atoms with Crippen molar-refractivity contribution < 1.29 is 18.3 Å². The molecule has 2 rings (SSSR count). The number of benzene rings is 2. The zero-order valence-electron chi connectivity index (χ0n) is 14.3. The maximum Gasteiger partial charge on any atom is 0.233 e. The number of nitrogens with one attached hydrogen (secondary N) is 2. The van der Waals surface area contributed by atoms with Crippen LogP contribution in [0.3, 0.4) is 0 Å². The average molecular weight is 348 g/mol. The van der Waals surface area contributed by atoms with Gasteiger partial charge in [0.2, 0.25) is 5.91 Å². The van der Waals surface area contributed by atoms with Gasteiger partial charge in [0.15, 0.2) is 0 Å². The van der Waals surface area contributed by atoms with Crippen LogP contribution in [0.4, 0.5) is 8.78 Å². The molecular weight excluding hydrogens is 326 g/mol. The normalized spacial score (nSPS) is 11.8. The minimum atomic E-state index is -0.628. The van der Waals surface area contributed by atoms with E-state index >= 15 is 0 Å². The predicted octanol–water partition coefficient (Wildman–Crippen LogP) is 2.98. The number of halogens is 2. The zero-order chi connectivity index (χ0) is 18.2. The van der Waals surface area contributed by atoms with Gasteiger partial charge in [-0.25, -0.2) is 8.78 Å². The molecule has 0 aliphatic heterocycles. The van der Waals surface area contributed by atoms with Gasteiger partial charge in [0.1, 0.15) is 17.4 Å². The molecule has 0 aliphatic carbocycles. The fraction of sp³-hybridized carbons (Fsp3) is 0.316. The van der Waals surface area contributed by atoms with Crippen LogP contribution in [0.25, 0.3) is 0 Å². The molecule has 0 saturated carbocycles. The van der Waals surface area contributed by atoms with E-state index in [2.05, 4.69) is 10.6 Å². The van der Waals surface area contributed by atoms with Crippen LogP contribution < -0.4 is 15.4 Å². The second-order valence-corrected chi connectivity index (χ2v) is 5.68. The number of para-hydroxylation sites is 1. The highest BCUT2D eigenvalue weighted by molar-refractivity contribution is 5.78. The summed E-state index contributed by atoms with van der Waals surface area (Å²) in [5.74, 6) is -0.654. The van der Waals surface area contributed by atoms with Crippen LogP contribution in [0.2, 0.25) is 0 Å². The lowest BCUT2D eigenvalue weighted by molar-refractivity contribution is -0.120. The fourth-order valence-corrected chi connectivity index (χ4v) is 2.52. The van der Waals surface area contributed by atoms with Crippen LogP contribution >= 0.6 is 0 Å². The molecule has 2 aromatic rings. The molecule has 6 heteroatoms. The minimum Gasteiger partial charge on any atom is -0.496 e. The minimum absolute atomic E-state index is 0.0455. The molecule has 4 nitrogen and oxygen atoms in total. The van der Waals surface area contributed by atoms with Crippen LogP contribution in [0.1, 0.15) is 24.1 Å². The van der Waals surface area contributed by atoms with E-state index in [4.69, 9.17) is 4.74 Å². The van der Waals surface area contributed by atoms with Crippen molar-refractivity contribution in [1.29, 1.82) is 0 Å². The Morgan fingerprint density at radius 1 is 1.20 bits per heavy atom. The van der Waals surface area contributed by atoms with E-state index in [1.807, 2.05) is 24.3 Å². The van der Waals surface area contributed by atoms with Gasteiger partial charge in [0.05, 0.1) is 13.7 Å². The lowest BCUT2D eigenvalue weighted by atomic mass is 10.1. The Morgan fingerprint density at radius 3 is 2.68 bits per heavy atom. The van der Waals surface area contributed by atoms with Crippen molar-refractivity contribution in [2.75, 3.05) is 20.2 Å². The van der Waals surface area contributed by atoms with Gasteiger partial charge in [0.25, 0.3) is 0 Å². The van der Waals surface area contributed by atoms with E-state index in [0.717, 1.165) is 17.4 Å². The molecule has 0 heterocycles. The summed E-state index contributed by atoms with van der Waals surface area (Å²) in [7, 11) is 1.61. The number of ether oxygens (including phenoxy) is 1. The number of carbonyl (C=O) groups excluding carboxylic acids is 1. The number of methoxy groups -OCH3 is 1. The van der Waals surface area contributed by atoms with Crippen molar-refractivity contribution in [2.24, 2.45) is 0 Å². The number of carbonyl (C=O) groups is 1. The Kier molecular flexibility index (Phi) is 6.89. The number of amides is 1. The summed E-state index contributed by atoms with van der Waals surface area (Å²) in [6.07, 6.45) is 0.651. The summed E-state index contributed by atoms with van der Waals surface area (Å²) in [6.45, 7) is 2.24. The maximum absolute atomic E-state index is 13.7. The van der Waals surface area contributed by atoms with Gasteiger partial charge in [-0.2, -0.15) is 0 Å². The molecule has 134 valence electrons. The standard InChI is InChI=1S/C19H22F2N2O2/c1-13(16-8-7-15(20)11-17(16)21)23-12-19(24)22-10-9-14-5-3-4-6-18(14)25-2/h3-8,11,13,23H,9-10,12H2,1-2H3,(H,22,24)/t13-/m0/s1. The van der Waals surface area contributed by atoms with Gasteiger partial charge in [-0.15, -0.1) is 0 Å². The smallest absolute Gasteiger partial charge is 0.233 e. The van der Waals surface area contributed by atoms with Crippen molar-refractivity contribution in [3.8, 4) is 5.75 Å². The van der Waals surface area contributed by atoms with Crippen molar-refractivity contribution in [1.82, 2.24) is 10.6 Å². The van der Waals surface area contributed by atoms with Crippen LogP contribution in [-0.2, 0) is 11.2 Å². The first-order valence-electron chi connectivity index (χ1n) is 8.08. The molecule has 2 aromatic carbocycles. The molecule has 0 aliphatic rings. The summed E-state index contributed by atoms with van der Waals surface area (Å²) < 4.78 is 31.9. The van der Waals surface area contributed by atoms with E-state index in [1.165, 1.54) is 12.1 Å². The summed E-state index contributed by atoms with van der Waals surface area (Å²) in [4.78, 5) is 11.9. The number of rotatable bonds is 8. The highest BCUT2D eigenvalue weighted by Gasteiger charge is 2.12. The largest absolute Gasteiger partial charge is 0.496 e. The van der Waals surface area contributed by atoms with Crippen LogP contribution in [0.5, 0.6) is 5.75 Å². The third-order valence-corrected chi connectivity index (χ3v) is 3.91. The van der Waals surface area contributed by atoms with Gasteiger partial charge in [0, 0.05) is 24.2 Å². The molecule has 2 N–H and O–H groups in total. The van der Waals surface area contributed by atoms with Crippen LogP contribution in [0, 0.1) is 11.6 Å². The molecule has 0 radical (unpaired) electrons. The summed E-state index contributed by atoms with van der Waals surface area (Å²) >= 11 is 0. The van der Waals surface area contributed by atoms with Crippen molar-refractivity contribution in [3.63, 3.8) is 0 Å². The van der Waals surface area contributed by atoms with E-state index in [-0.39, 0.29) is 12.5 Å². The Bertz CT molecular complexity index is 722. The highest BCUT2D eigenvalue weighted by atomic mass is 19.1. The molecule has 0 aromatic heterocycles. The lowest BCUT2D eigenvalue weighted by Gasteiger charge is -2.15. The van der Waals surface area contributed by atoms with Gasteiger partial charge >= 0.3 is 0 Å². The van der Waals surface area contributed by atoms with Gasteiger partial charge in [-0.3, -0.25) is 4.79 Å². The van der Waals surface area contributed by atoms with Crippen LogP contribution in [-0.4, -0.2) is 26.1 Å². The van der Waals surface area contributed by atoms with E-state index in [1.54, 1.807) is 14.0 Å². The first-order valence-corrected chi connectivity index (χ1v) is 8.08. The SMILES string of the molecule is COc1ccccc1CCNC(=O)CN[C@@H](C)c1ccc(F)cc1F. The van der Waals surface area contributed by atoms with E-state index < -0.39 is 17.7 Å². The van der Waals surface area contributed by atoms with E-state index in [0.29, 0.717) is 18.5 Å². The highest BCUT2D eigenvalue weighted by Crippen LogP contribution is 2.18. The van der Waals surface area contributed by atoms with Gasteiger partial charge in [-0.1, -0.05) is 24.3 Å². The fourth-order valence-electron chi connectivity index (χ4n) is 2.52. The average Bonchev–Trinajstić information content (AvgIpc) is 2.60. The molecule has 1 atom stereocenters. The molecular formula is C19H22F2N2O2. The Balaban J connectivity index is 1.77. The second kappa shape index (κ2) is 9.13. The summed E-state index contributed by atoms with van der Waals surface area (Å²) in [6, 6.07) is 10.6. The van der Waals surface area contributed by atoms with E-state index in [9.17, 15) is 13.6 Å². The monoisotopic (exact) mass is 348 g/mol. The third-order valence-electron chi connectivity index (χ3n) is 3.91. The van der Waals surface area contributed by atoms with Crippen LogP contribution in [0.15, 0.2) is 42.5 Å². The van der Waals surface area contributed by atoms with Gasteiger partial charge in [-0.05, 0) is 31.0 Å². The lowest BCUT2D eigenvalue weighted by Crippen LogP contribution is -2.36. The molecule has 0 fully saturated rings. The first-order chi connectivity index (χ1) is 12.0. The van der Waals surface area contributed by atoms with Crippen molar-refractivity contribution in [3.05, 3.63) is 65.2 Å². The van der Waals surface area contributed by atoms with Crippen molar-refractivity contribution >= 4 is 5.91 Å². The topological polar surface area (TPSA) is 50.4 Å². The molecule has 0 spiro atoms. The molecule has 0 unspecified atom stereocenters.